The van der Waals surface area contributed by atoms with Gasteiger partial charge in [0.15, 0.2) is 0 Å². The van der Waals surface area contributed by atoms with Crippen molar-refractivity contribution in [3.05, 3.63) is 77.7 Å². The Morgan fingerprint density at radius 1 is 1.12 bits per heavy atom. The summed E-state index contributed by atoms with van der Waals surface area (Å²) < 4.78 is 11.0. The molecule has 1 aromatic heterocycles. The summed E-state index contributed by atoms with van der Waals surface area (Å²) in [4.78, 5) is 14.5. The number of para-hydroxylation sites is 2. The molecule has 2 aromatic carbocycles. The second kappa shape index (κ2) is 6.43. The molecule has 0 bridgehead atoms. The Labute approximate surface area is 145 Å². The van der Waals surface area contributed by atoms with Gasteiger partial charge in [-0.2, -0.15) is 0 Å². The molecule has 126 valence electrons. The fraction of sp³-hybridized carbons (Fsp3) is 0.200. The number of anilines is 1. The fourth-order valence-electron chi connectivity index (χ4n) is 3.02. The van der Waals surface area contributed by atoms with E-state index in [1.807, 2.05) is 61.5 Å². The zero-order valence-electron chi connectivity index (χ0n) is 13.9. The third-order valence-electron chi connectivity index (χ3n) is 4.46. The van der Waals surface area contributed by atoms with E-state index in [9.17, 15) is 4.79 Å². The predicted molar refractivity (Wildman–Crippen MR) is 94.1 cm³/mol. The second-order valence-electron chi connectivity index (χ2n) is 6.02. The molecule has 5 heteroatoms. The number of aromatic nitrogens is 1. The molecule has 2 heterocycles. The first-order valence-corrected chi connectivity index (χ1v) is 8.29. The normalized spacial score (nSPS) is 14.5. The summed E-state index contributed by atoms with van der Waals surface area (Å²) in [6, 6.07) is 19.3. The highest BCUT2D eigenvalue weighted by Crippen LogP contribution is 2.32. The number of carbonyl (C=O) groups excluding carboxylic acids is 1. The molecule has 0 fully saturated rings. The molecule has 4 rings (SSSR count). The van der Waals surface area contributed by atoms with Crippen LogP contribution in [0.1, 0.15) is 34.7 Å². The van der Waals surface area contributed by atoms with Crippen LogP contribution >= 0.6 is 0 Å². The smallest absolute Gasteiger partial charge is 0.297 e. The van der Waals surface area contributed by atoms with Gasteiger partial charge in [-0.15, -0.1) is 0 Å². The molecule has 1 atom stereocenters. The van der Waals surface area contributed by atoms with Gasteiger partial charge in [-0.1, -0.05) is 54.5 Å². The molecule has 0 aliphatic carbocycles. The molecule has 0 N–H and O–H groups in total. The molecular weight excluding hydrogens is 316 g/mol. The molecule has 0 spiro atoms. The molecular formula is C20H18N2O3. The standard InChI is InChI=1S/C20H18N2O3/c1-14(15-7-3-2-4-8-15)16-13-19(25-21-16)20(23)22-11-12-24-18-10-6-5-9-17(18)22/h2-10,13-14H,11-12H2,1H3. The van der Waals surface area contributed by atoms with Crippen LogP contribution in [0.5, 0.6) is 5.75 Å². The Balaban J connectivity index is 1.60. The van der Waals surface area contributed by atoms with E-state index in [0.717, 1.165) is 16.9 Å². The summed E-state index contributed by atoms with van der Waals surface area (Å²) >= 11 is 0. The van der Waals surface area contributed by atoms with Gasteiger partial charge in [0.2, 0.25) is 5.76 Å². The summed E-state index contributed by atoms with van der Waals surface area (Å²) in [5.74, 6) is 0.812. The average molecular weight is 334 g/mol. The van der Waals surface area contributed by atoms with E-state index in [2.05, 4.69) is 5.16 Å². The molecule has 1 aliphatic rings. The van der Waals surface area contributed by atoms with Crippen molar-refractivity contribution in [1.29, 1.82) is 0 Å². The van der Waals surface area contributed by atoms with Crippen molar-refractivity contribution in [3.63, 3.8) is 0 Å². The van der Waals surface area contributed by atoms with Gasteiger partial charge in [-0.05, 0) is 17.7 Å². The highest BCUT2D eigenvalue weighted by Gasteiger charge is 2.27. The molecule has 0 saturated heterocycles. The van der Waals surface area contributed by atoms with Gasteiger partial charge in [0.1, 0.15) is 12.4 Å². The second-order valence-corrected chi connectivity index (χ2v) is 6.02. The minimum atomic E-state index is -0.199. The lowest BCUT2D eigenvalue weighted by atomic mass is 9.98. The molecule has 25 heavy (non-hydrogen) atoms. The average Bonchev–Trinajstić information content (AvgIpc) is 3.17. The Bertz CT molecular complexity index is 889. The van der Waals surface area contributed by atoms with Gasteiger partial charge in [0.25, 0.3) is 5.91 Å². The van der Waals surface area contributed by atoms with E-state index in [1.54, 1.807) is 11.0 Å². The van der Waals surface area contributed by atoms with Gasteiger partial charge in [0.05, 0.1) is 17.9 Å². The summed E-state index contributed by atoms with van der Waals surface area (Å²) in [6.45, 7) is 3.00. The minimum absolute atomic E-state index is 0.0588. The fourth-order valence-corrected chi connectivity index (χ4v) is 3.02. The summed E-state index contributed by atoms with van der Waals surface area (Å²) in [7, 11) is 0. The van der Waals surface area contributed by atoms with Crippen molar-refractivity contribution >= 4 is 11.6 Å². The van der Waals surface area contributed by atoms with E-state index in [4.69, 9.17) is 9.26 Å². The van der Waals surface area contributed by atoms with E-state index in [0.29, 0.717) is 18.9 Å². The number of ether oxygens (including phenoxy) is 1. The summed E-state index contributed by atoms with van der Waals surface area (Å²) in [6.07, 6.45) is 0. The van der Waals surface area contributed by atoms with Crippen LogP contribution in [0.4, 0.5) is 5.69 Å². The topological polar surface area (TPSA) is 55.6 Å². The summed E-state index contributed by atoms with van der Waals surface area (Å²) in [5.41, 5.74) is 2.63. The highest BCUT2D eigenvalue weighted by atomic mass is 16.5. The van der Waals surface area contributed by atoms with Crippen molar-refractivity contribution < 1.29 is 14.1 Å². The Kier molecular flexibility index (Phi) is 3.98. The lowest BCUT2D eigenvalue weighted by Gasteiger charge is -2.28. The van der Waals surface area contributed by atoms with Crippen molar-refractivity contribution in [2.75, 3.05) is 18.1 Å². The maximum Gasteiger partial charge on any atom is 0.297 e. The van der Waals surface area contributed by atoms with Crippen molar-refractivity contribution in [1.82, 2.24) is 5.16 Å². The van der Waals surface area contributed by atoms with Gasteiger partial charge < -0.3 is 9.26 Å². The molecule has 1 amide bonds. The molecule has 1 unspecified atom stereocenters. The van der Waals surface area contributed by atoms with Crippen molar-refractivity contribution in [3.8, 4) is 5.75 Å². The largest absolute Gasteiger partial charge is 0.490 e. The maximum absolute atomic E-state index is 12.9. The molecule has 0 radical (unpaired) electrons. The molecule has 5 nitrogen and oxygen atoms in total. The SMILES string of the molecule is CC(c1ccccc1)c1cc(C(=O)N2CCOc3ccccc32)on1. The predicted octanol–water partition coefficient (Wildman–Crippen LogP) is 3.87. The zero-order valence-corrected chi connectivity index (χ0v) is 13.9. The number of hydrogen-bond donors (Lipinski definition) is 0. The molecule has 0 saturated carbocycles. The van der Waals surface area contributed by atoms with Crippen LogP contribution in [0.15, 0.2) is 65.2 Å². The van der Waals surface area contributed by atoms with Crippen LogP contribution in [0, 0.1) is 0 Å². The first kappa shape index (κ1) is 15.4. The lowest BCUT2D eigenvalue weighted by Crippen LogP contribution is -2.37. The Hall–Kier alpha value is -3.08. The number of fused-ring (bicyclic) bond motifs is 1. The van der Waals surface area contributed by atoms with Gasteiger partial charge >= 0.3 is 0 Å². The third kappa shape index (κ3) is 2.89. The van der Waals surface area contributed by atoms with E-state index >= 15 is 0 Å². The number of rotatable bonds is 3. The van der Waals surface area contributed by atoms with Crippen molar-refractivity contribution in [2.45, 2.75) is 12.8 Å². The monoisotopic (exact) mass is 334 g/mol. The van der Waals surface area contributed by atoms with E-state index in [1.165, 1.54) is 0 Å². The number of nitrogens with zero attached hydrogens (tertiary/aromatic N) is 2. The van der Waals surface area contributed by atoms with Gasteiger partial charge in [-0.25, -0.2) is 0 Å². The van der Waals surface area contributed by atoms with Crippen LogP contribution in [0.2, 0.25) is 0 Å². The van der Waals surface area contributed by atoms with E-state index in [-0.39, 0.29) is 17.6 Å². The maximum atomic E-state index is 12.9. The third-order valence-corrected chi connectivity index (χ3v) is 4.46. The van der Waals surface area contributed by atoms with Crippen LogP contribution in [-0.2, 0) is 0 Å². The quantitative estimate of drug-likeness (QED) is 0.730. The molecule has 3 aromatic rings. The van der Waals surface area contributed by atoms with Crippen LogP contribution in [0.25, 0.3) is 0 Å². The van der Waals surface area contributed by atoms with Crippen LogP contribution in [0.3, 0.4) is 0 Å². The number of benzene rings is 2. The Morgan fingerprint density at radius 2 is 1.88 bits per heavy atom. The van der Waals surface area contributed by atoms with Crippen LogP contribution < -0.4 is 9.64 Å². The minimum Gasteiger partial charge on any atom is -0.490 e. The van der Waals surface area contributed by atoms with Gasteiger partial charge in [0, 0.05) is 12.0 Å². The number of carbonyl (C=O) groups is 1. The first-order valence-electron chi connectivity index (χ1n) is 8.29. The lowest BCUT2D eigenvalue weighted by molar-refractivity contribution is 0.0940. The van der Waals surface area contributed by atoms with Gasteiger partial charge in [-0.3, -0.25) is 9.69 Å². The highest BCUT2D eigenvalue weighted by molar-refractivity contribution is 6.05. The van der Waals surface area contributed by atoms with E-state index < -0.39 is 0 Å². The van der Waals surface area contributed by atoms with Crippen molar-refractivity contribution in [2.24, 2.45) is 0 Å². The zero-order chi connectivity index (χ0) is 17.2. The Morgan fingerprint density at radius 3 is 2.72 bits per heavy atom. The first-order chi connectivity index (χ1) is 12.2. The number of amides is 1. The molecule has 1 aliphatic heterocycles. The summed E-state index contributed by atoms with van der Waals surface area (Å²) in [5, 5.41) is 4.11. The van der Waals surface area contributed by atoms with Crippen LogP contribution in [-0.4, -0.2) is 24.2 Å². The number of hydrogen-bond acceptors (Lipinski definition) is 4.